The third kappa shape index (κ3) is 2.55. The first-order valence-electron chi connectivity index (χ1n) is 7.26. The summed E-state index contributed by atoms with van der Waals surface area (Å²) in [5.41, 5.74) is 3.88. The van der Waals surface area contributed by atoms with Crippen molar-refractivity contribution in [2.45, 2.75) is 46.0 Å². The molecule has 0 N–H and O–H groups in total. The fourth-order valence-electron chi connectivity index (χ4n) is 2.86. The van der Waals surface area contributed by atoms with Crippen LogP contribution in [0, 0.1) is 12.8 Å². The highest BCUT2D eigenvalue weighted by atomic mass is 15.3. The van der Waals surface area contributed by atoms with Gasteiger partial charge in [-0.15, -0.1) is 0 Å². The minimum atomic E-state index is 0.824. The molecule has 2 heterocycles. The molecule has 0 aromatic carbocycles. The number of aryl methyl sites for hydroxylation is 2. The molecule has 19 heavy (non-hydrogen) atoms. The molecular formula is C16H21N3. The predicted octanol–water partition coefficient (Wildman–Crippen LogP) is 3.48. The smallest absolute Gasteiger partial charge is 0.153 e. The number of rotatable bonds is 2. The molecule has 0 saturated carbocycles. The molecule has 0 amide bonds. The molecule has 3 nitrogen and oxygen atoms in total. The van der Waals surface area contributed by atoms with Crippen molar-refractivity contribution >= 4 is 0 Å². The Morgan fingerprint density at radius 3 is 3.00 bits per heavy atom. The minimum absolute atomic E-state index is 0.824. The third-order valence-corrected chi connectivity index (χ3v) is 4.12. The molecule has 0 aliphatic heterocycles. The number of hydrogen-bond donors (Lipinski definition) is 0. The highest BCUT2D eigenvalue weighted by Gasteiger charge is 2.18. The lowest BCUT2D eigenvalue weighted by Crippen LogP contribution is -2.01. The van der Waals surface area contributed by atoms with Crippen molar-refractivity contribution in [2.24, 2.45) is 5.92 Å². The van der Waals surface area contributed by atoms with Crippen molar-refractivity contribution in [1.29, 1.82) is 0 Å². The van der Waals surface area contributed by atoms with E-state index in [4.69, 9.17) is 5.10 Å². The molecule has 0 bridgehead atoms. The van der Waals surface area contributed by atoms with Crippen LogP contribution in [0.15, 0.2) is 24.5 Å². The van der Waals surface area contributed by atoms with E-state index in [9.17, 15) is 0 Å². The topological polar surface area (TPSA) is 30.7 Å². The summed E-state index contributed by atoms with van der Waals surface area (Å²) in [5, 5.41) is 4.73. The normalized spacial score (nSPS) is 18.9. The Morgan fingerprint density at radius 1 is 1.37 bits per heavy atom. The Hall–Kier alpha value is -1.64. The van der Waals surface area contributed by atoms with Crippen molar-refractivity contribution in [1.82, 2.24) is 14.8 Å². The zero-order chi connectivity index (χ0) is 13.2. The zero-order valence-electron chi connectivity index (χ0n) is 11.8. The summed E-state index contributed by atoms with van der Waals surface area (Å²) in [6.45, 7) is 4.35. The van der Waals surface area contributed by atoms with Crippen LogP contribution in [0.1, 0.15) is 43.0 Å². The molecule has 1 aliphatic carbocycles. The van der Waals surface area contributed by atoms with Gasteiger partial charge in [-0.2, -0.15) is 5.10 Å². The van der Waals surface area contributed by atoms with Gasteiger partial charge in [0.25, 0.3) is 0 Å². The summed E-state index contributed by atoms with van der Waals surface area (Å²) < 4.78 is 1.95. The molecule has 0 saturated heterocycles. The molecule has 1 aliphatic rings. The van der Waals surface area contributed by atoms with Crippen LogP contribution in [0.4, 0.5) is 0 Å². The van der Waals surface area contributed by atoms with E-state index in [1.54, 1.807) is 0 Å². The first-order chi connectivity index (χ1) is 9.26. The van der Waals surface area contributed by atoms with E-state index >= 15 is 0 Å². The van der Waals surface area contributed by atoms with E-state index in [1.165, 1.54) is 42.5 Å². The average Bonchev–Trinajstić information content (AvgIpc) is 2.72. The standard InChI is InChI=1S/C16H21N3/c1-3-13-5-4-6-15-14(9-13)11-19(18-15)16-8-7-12(2)10-17-16/h7-8,10-11,13H,3-6,9H2,1-2H3. The van der Waals surface area contributed by atoms with Crippen molar-refractivity contribution in [3.05, 3.63) is 41.3 Å². The fraction of sp³-hybridized carbons (Fsp3) is 0.500. The van der Waals surface area contributed by atoms with E-state index in [2.05, 4.69) is 31.1 Å². The monoisotopic (exact) mass is 255 g/mol. The Bertz CT molecular complexity index is 554. The van der Waals surface area contributed by atoms with E-state index in [-0.39, 0.29) is 0 Å². The van der Waals surface area contributed by atoms with Crippen LogP contribution >= 0.6 is 0 Å². The Labute approximate surface area is 114 Å². The van der Waals surface area contributed by atoms with Gasteiger partial charge in [-0.05, 0) is 55.7 Å². The van der Waals surface area contributed by atoms with Crippen molar-refractivity contribution in [3.63, 3.8) is 0 Å². The third-order valence-electron chi connectivity index (χ3n) is 4.12. The van der Waals surface area contributed by atoms with Crippen LogP contribution in [-0.2, 0) is 12.8 Å². The van der Waals surface area contributed by atoms with Crippen LogP contribution in [0.25, 0.3) is 5.82 Å². The molecule has 3 rings (SSSR count). The summed E-state index contributed by atoms with van der Waals surface area (Å²) in [7, 11) is 0. The van der Waals surface area contributed by atoms with Gasteiger partial charge >= 0.3 is 0 Å². The van der Waals surface area contributed by atoms with Crippen LogP contribution < -0.4 is 0 Å². The van der Waals surface area contributed by atoms with Gasteiger partial charge in [-0.25, -0.2) is 9.67 Å². The van der Waals surface area contributed by atoms with Gasteiger partial charge < -0.3 is 0 Å². The Balaban J connectivity index is 1.91. The maximum absolute atomic E-state index is 4.73. The van der Waals surface area contributed by atoms with E-state index in [1.807, 2.05) is 16.9 Å². The number of nitrogens with zero attached hydrogens (tertiary/aromatic N) is 3. The van der Waals surface area contributed by atoms with Gasteiger partial charge in [-0.1, -0.05) is 19.4 Å². The molecule has 0 fully saturated rings. The van der Waals surface area contributed by atoms with Gasteiger partial charge in [0.15, 0.2) is 5.82 Å². The van der Waals surface area contributed by atoms with Crippen molar-refractivity contribution in [3.8, 4) is 5.82 Å². The largest absolute Gasteiger partial charge is 0.237 e. The van der Waals surface area contributed by atoms with E-state index < -0.39 is 0 Å². The van der Waals surface area contributed by atoms with E-state index in [0.29, 0.717) is 0 Å². The molecular weight excluding hydrogens is 234 g/mol. The summed E-state index contributed by atoms with van der Waals surface area (Å²) in [6, 6.07) is 4.13. The fourth-order valence-corrected chi connectivity index (χ4v) is 2.86. The molecule has 2 aromatic rings. The summed E-state index contributed by atoms with van der Waals surface area (Å²) in [6.07, 6.45) is 10.3. The first kappa shape index (κ1) is 12.4. The first-order valence-corrected chi connectivity index (χ1v) is 7.26. The van der Waals surface area contributed by atoms with Gasteiger partial charge in [0, 0.05) is 12.4 Å². The molecule has 1 unspecified atom stereocenters. The van der Waals surface area contributed by atoms with E-state index in [0.717, 1.165) is 18.2 Å². The highest BCUT2D eigenvalue weighted by Crippen LogP contribution is 2.26. The summed E-state index contributed by atoms with van der Waals surface area (Å²) >= 11 is 0. The molecule has 3 heteroatoms. The van der Waals surface area contributed by atoms with Crippen LogP contribution in [0.5, 0.6) is 0 Å². The lowest BCUT2D eigenvalue weighted by molar-refractivity contribution is 0.464. The number of fused-ring (bicyclic) bond motifs is 1. The van der Waals surface area contributed by atoms with Crippen LogP contribution in [-0.4, -0.2) is 14.8 Å². The number of pyridine rings is 1. The van der Waals surface area contributed by atoms with Gasteiger partial charge in [0.1, 0.15) is 0 Å². The Morgan fingerprint density at radius 2 is 2.26 bits per heavy atom. The molecule has 100 valence electrons. The predicted molar refractivity (Wildman–Crippen MR) is 76.5 cm³/mol. The van der Waals surface area contributed by atoms with Gasteiger partial charge in [-0.3, -0.25) is 0 Å². The minimum Gasteiger partial charge on any atom is -0.237 e. The molecule has 2 aromatic heterocycles. The second-order valence-electron chi connectivity index (χ2n) is 5.61. The maximum atomic E-state index is 4.73. The second-order valence-corrected chi connectivity index (χ2v) is 5.61. The molecule has 0 radical (unpaired) electrons. The maximum Gasteiger partial charge on any atom is 0.153 e. The summed E-state index contributed by atoms with van der Waals surface area (Å²) in [4.78, 5) is 4.46. The average molecular weight is 255 g/mol. The van der Waals surface area contributed by atoms with Gasteiger partial charge in [0.05, 0.1) is 5.69 Å². The van der Waals surface area contributed by atoms with Crippen molar-refractivity contribution in [2.75, 3.05) is 0 Å². The molecule has 1 atom stereocenters. The lowest BCUT2D eigenvalue weighted by Gasteiger charge is -2.09. The SMILES string of the molecule is CCC1CCCc2nn(-c3ccc(C)cn3)cc2C1. The number of aromatic nitrogens is 3. The second kappa shape index (κ2) is 5.16. The summed E-state index contributed by atoms with van der Waals surface area (Å²) in [5.74, 6) is 1.75. The highest BCUT2D eigenvalue weighted by molar-refractivity contribution is 5.28. The van der Waals surface area contributed by atoms with Crippen molar-refractivity contribution < 1.29 is 0 Å². The quantitative estimate of drug-likeness (QED) is 0.769. The van der Waals surface area contributed by atoms with Gasteiger partial charge in [0.2, 0.25) is 0 Å². The zero-order valence-corrected chi connectivity index (χ0v) is 11.8. The Kier molecular flexibility index (Phi) is 3.36. The molecule has 0 spiro atoms. The van der Waals surface area contributed by atoms with Crippen LogP contribution in [0.3, 0.4) is 0 Å². The number of hydrogen-bond acceptors (Lipinski definition) is 2. The van der Waals surface area contributed by atoms with Crippen LogP contribution in [0.2, 0.25) is 0 Å². The lowest BCUT2D eigenvalue weighted by atomic mass is 9.96.